The van der Waals surface area contributed by atoms with Crippen LogP contribution in [0.1, 0.15) is 36.9 Å². The Morgan fingerprint density at radius 1 is 1.30 bits per heavy atom. The molecule has 0 atom stereocenters. The van der Waals surface area contributed by atoms with E-state index in [9.17, 15) is 0 Å². The Labute approximate surface area is 117 Å². The molecule has 1 aliphatic rings. The van der Waals surface area contributed by atoms with E-state index in [2.05, 4.69) is 16.3 Å². The van der Waals surface area contributed by atoms with E-state index in [0.29, 0.717) is 5.92 Å². The minimum Gasteiger partial charge on any atom is -0.287 e. The van der Waals surface area contributed by atoms with Crippen LogP contribution in [0.3, 0.4) is 0 Å². The molecule has 2 N–H and O–H groups in total. The first-order valence-electron chi connectivity index (χ1n) is 6.73. The summed E-state index contributed by atoms with van der Waals surface area (Å²) in [4.78, 5) is 0. The van der Waals surface area contributed by atoms with E-state index in [0.717, 1.165) is 22.6 Å². The normalized spacial score (nSPS) is 14.6. The third-order valence-electron chi connectivity index (χ3n) is 3.62. The lowest BCUT2D eigenvalue weighted by Crippen LogP contribution is -2.29. The third kappa shape index (κ3) is 2.07. The number of hydrogen-bond donors (Lipinski definition) is 2. The molecular formula is C14H18N6. The fourth-order valence-electron chi connectivity index (χ4n) is 2.30. The second-order valence-corrected chi connectivity index (χ2v) is 5.41. The van der Waals surface area contributed by atoms with E-state index in [4.69, 9.17) is 10.8 Å². The lowest BCUT2D eigenvalue weighted by Gasteiger charge is -2.08. The van der Waals surface area contributed by atoms with Crippen molar-refractivity contribution in [3.63, 3.8) is 0 Å². The monoisotopic (exact) mass is 270 g/mol. The first-order valence-corrected chi connectivity index (χ1v) is 6.73. The quantitative estimate of drug-likeness (QED) is 0.644. The Bertz CT molecular complexity index is 748. The molecule has 0 bridgehead atoms. The second-order valence-electron chi connectivity index (χ2n) is 5.41. The molecule has 104 valence electrons. The highest BCUT2D eigenvalue weighted by Gasteiger charge is 2.27. The highest BCUT2D eigenvalue weighted by atomic mass is 15.3. The van der Waals surface area contributed by atoms with Gasteiger partial charge in [0.1, 0.15) is 11.5 Å². The lowest BCUT2D eigenvalue weighted by atomic mass is 10.2. The molecule has 20 heavy (non-hydrogen) atoms. The van der Waals surface area contributed by atoms with Gasteiger partial charge in [0, 0.05) is 13.0 Å². The van der Waals surface area contributed by atoms with Gasteiger partial charge in [0.05, 0.1) is 11.4 Å². The molecule has 0 saturated heterocycles. The Kier molecular flexibility index (Phi) is 2.81. The van der Waals surface area contributed by atoms with Gasteiger partial charge in [0.15, 0.2) is 5.49 Å². The largest absolute Gasteiger partial charge is 0.287 e. The molecular weight excluding hydrogens is 252 g/mol. The van der Waals surface area contributed by atoms with E-state index < -0.39 is 0 Å². The van der Waals surface area contributed by atoms with Crippen LogP contribution in [0.4, 0.5) is 0 Å². The summed E-state index contributed by atoms with van der Waals surface area (Å²) in [5.74, 6) is 0.840. The molecule has 1 aliphatic carbocycles. The number of rotatable bonds is 2. The molecule has 0 unspecified atom stereocenters. The van der Waals surface area contributed by atoms with Crippen LogP contribution >= 0.6 is 0 Å². The molecule has 1 saturated carbocycles. The number of aryl methyl sites for hydroxylation is 2. The molecule has 0 spiro atoms. The van der Waals surface area contributed by atoms with Gasteiger partial charge in [-0.15, -0.1) is 0 Å². The van der Waals surface area contributed by atoms with Crippen LogP contribution in [0.25, 0.3) is 11.4 Å². The minimum atomic E-state index is 0.240. The van der Waals surface area contributed by atoms with Crippen LogP contribution in [0.5, 0.6) is 0 Å². The van der Waals surface area contributed by atoms with Gasteiger partial charge in [-0.3, -0.25) is 15.5 Å². The smallest absolute Gasteiger partial charge is 0.151 e. The Morgan fingerprint density at radius 3 is 2.60 bits per heavy atom. The summed E-state index contributed by atoms with van der Waals surface area (Å²) in [6.07, 6.45) is 2.43. The molecule has 3 rings (SSSR count). The summed E-state index contributed by atoms with van der Waals surface area (Å²) in [5, 5.41) is 24.6. The maximum atomic E-state index is 7.96. The summed E-state index contributed by atoms with van der Waals surface area (Å²) in [6.45, 7) is 3.50. The predicted molar refractivity (Wildman–Crippen MR) is 75.8 cm³/mol. The van der Waals surface area contributed by atoms with E-state index in [1.165, 1.54) is 17.5 Å². The van der Waals surface area contributed by atoms with Crippen molar-refractivity contribution >= 4 is 5.84 Å². The summed E-state index contributed by atoms with van der Waals surface area (Å²) in [7, 11) is 1.91. The van der Waals surface area contributed by atoms with Gasteiger partial charge in [-0.25, -0.2) is 4.68 Å². The molecule has 2 heterocycles. The zero-order chi connectivity index (χ0) is 14.4. The Morgan fingerprint density at radius 2 is 2.00 bits per heavy atom. The number of hydrogen-bond acceptors (Lipinski definition) is 4. The average Bonchev–Trinajstić information content (AvgIpc) is 3.16. The minimum absolute atomic E-state index is 0.240. The third-order valence-corrected chi connectivity index (χ3v) is 3.62. The van der Waals surface area contributed by atoms with Gasteiger partial charge in [0.2, 0.25) is 0 Å². The first-order chi connectivity index (χ1) is 9.47. The highest BCUT2D eigenvalue weighted by molar-refractivity contribution is 5.78. The molecule has 2 aromatic heterocycles. The zero-order valence-electron chi connectivity index (χ0n) is 11.9. The van der Waals surface area contributed by atoms with Gasteiger partial charge >= 0.3 is 0 Å². The van der Waals surface area contributed by atoms with Crippen molar-refractivity contribution < 1.29 is 0 Å². The van der Waals surface area contributed by atoms with E-state index in [1.807, 2.05) is 24.7 Å². The van der Waals surface area contributed by atoms with Crippen molar-refractivity contribution in [2.45, 2.75) is 32.6 Å². The first kappa shape index (κ1) is 12.8. The molecule has 6 heteroatoms. The maximum Gasteiger partial charge on any atom is 0.151 e. The van der Waals surface area contributed by atoms with Gasteiger partial charge < -0.3 is 0 Å². The van der Waals surface area contributed by atoms with E-state index in [-0.39, 0.29) is 11.3 Å². The van der Waals surface area contributed by atoms with Crippen molar-refractivity contribution in [1.29, 1.82) is 10.8 Å². The van der Waals surface area contributed by atoms with Crippen LogP contribution in [0.2, 0.25) is 0 Å². The van der Waals surface area contributed by atoms with Gasteiger partial charge in [0.25, 0.3) is 0 Å². The van der Waals surface area contributed by atoms with Crippen LogP contribution < -0.4 is 5.49 Å². The average molecular weight is 270 g/mol. The van der Waals surface area contributed by atoms with E-state index in [1.54, 1.807) is 6.92 Å². The molecule has 0 aromatic carbocycles. The summed E-state index contributed by atoms with van der Waals surface area (Å²) >= 11 is 0. The molecule has 2 aromatic rings. The maximum absolute atomic E-state index is 7.96. The van der Waals surface area contributed by atoms with Crippen molar-refractivity contribution in [3.05, 3.63) is 28.9 Å². The van der Waals surface area contributed by atoms with Crippen molar-refractivity contribution in [2.75, 3.05) is 0 Å². The Balaban J connectivity index is 2.14. The summed E-state index contributed by atoms with van der Waals surface area (Å²) in [5.41, 5.74) is 3.87. The molecule has 0 aliphatic heterocycles. The number of nitrogens with one attached hydrogen (secondary N) is 2. The molecule has 6 nitrogen and oxygen atoms in total. The van der Waals surface area contributed by atoms with Crippen molar-refractivity contribution in [3.8, 4) is 11.4 Å². The van der Waals surface area contributed by atoms with Gasteiger partial charge in [-0.05, 0) is 44.4 Å². The molecule has 0 amide bonds. The topological polar surface area (TPSA) is 83.3 Å². The summed E-state index contributed by atoms with van der Waals surface area (Å²) in [6, 6.07) is 3.96. The van der Waals surface area contributed by atoms with Crippen molar-refractivity contribution in [1.82, 2.24) is 19.6 Å². The number of aromatic nitrogens is 4. The Hall–Kier alpha value is -2.24. The highest BCUT2D eigenvalue weighted by Crippen LogP contribution is 2.40. The SMILES string of the molecule is CC(=N)n1nc(-c2cc(C3CC3)nn2C)cc(C)c1=N. The standard InChI is InChI=1S/C14H18N6/c1-8-6-12(18-20(9(2)15)14(8)16)13-7-11(10-4-5-10)17-19(13)3/h6-7,10,15-16H,4-5H2,1-3H3. The van der Waals surface area contributed by atoms with Crippen LogP contribution in [0.15, 0.2) is 12.1 Å². The predicted octanol–water partition coefficient (Wildman–Crippen LogP) is 1.79. The van der Waals surface area contributed by atoms with Gasteiger partial charge in [-0.2, -0.15) is 10.2 Å². The molecule has 1 fully saturated rings. The number of nitrogens with zero attached hydrogens (tertiary/aromatic N) is 4. The van der Waals surface area contributed by atoms with E-state index >= 15 is 0 Å². The lowest BCUT2D eigenvalue weighted by molar-refractivity contribution is 0.738. The van der Waals surface area contributed by atoms with Crippen LogP contribution in [-0.4, -0.2) is 25.4 Å². The van der Waals surface area contributed by atoms with Crippen LogP contribution in [0, 0.1) is 17.7 Å². The second kappa shape index (κ2) is 4.40. The molecule has 0 radical (unpaired) electrons. The van der Waals surface area contributed by atoms with Crippen molar-refractivity contribution in [2.24, 2.45) is 7.05 Å². The fraction of sp³-hybridized carbons (Fsp3) is 0.429. The fourth-order valence-corrected chi connectivity index (χ4v) is 2.30. The van der Waals surface area contributed by atoms with Gasteiger partial charge in [-0.1, -0.05) is 0 Å². The van der Waals surface area contributed by atoms with Crippen LogP contribution in [-0.2, 0) is 7.05 Å². The summed E-state index contributed by atoms with van der Waals surface area (Å²) < 4.78 is 3.19. The zero-order valence-corrected chi connectivity index (χ0v) is 11.9.